The lowest BCUT2D eigenvalue weighted by Gasteiger charge is -2.30. The second kappa shape index (κ2) is 63.1. The molecule has 0 radical (unpaired) electrons. The van der Waals surface area contributed by atoms with Gasteiger partial charge in [-0.1, -0.05) is 99.2 Å². The van der Waals surface area contributed by atoms with Gasteiger partial charge in [0.2, 0.25) is 118 Å². The topological polar surface area (TPSA) is 726 Å². The summed E-state index contributed by atoms with van der Waals surface area (Å²) in [6, 6.07) is 4.71. The molecule has 8 rings (SSSR count). The summed E-state index contributed by atoms with van der Waals surface area (Å²) in [5, 5.41) is 42.3. The molecule has 30 N–H and O–H groups in total. The molecule has 20 amide bonds. The summed E-state index contributed by atoms with van der Waals surface area (Å²) in [7, 11) is 0. The zero-order valence-corrected chi connectivity index (χ0v) is 83.8. The minimum absolute atomic E-state index is 0.0451. The van der Waals surface area contributed by atoms with E-state index in [2.05, 4.69) is 85.1 Å². The van der Waals surface area contributed by atoms with Crippen molar-refractivity contribution in [1.82, 2.24) is 99.8 Å². The van der Waals surface area contributed by atoms with Gasteiger partial charge in [-0.05, 0) is 240 Å². The summed E-state index contributed by atoms with van der Waals surface area (Å²) in [5.74, 6) is -15.1. The largest absolute Gasteiger partial charge is 0.368 e. The third kappa shape index (κ3) is 38.8. The van der Waals surface area contributed by atoms with Crippen molar-refractivity contribution in [3.05, 3.63) is 71.8 Å². The summed E-state index contributed by atoms with van der Waals surface area (Å²) in [6.45, 7) is -1.26. The molecule has 3 saturated heterocycles. The molecule has 17 atom stereocenters. The standard InChI is InChI=1S/C99H158N26O20/c1-61(126)107-50-78(127)118-76(48-62-26-4-2-5-27-62)92(138)113-56-84(133)124-59-65-31-10-12-34-68(65)87(124)98(144)110-53-81(130)116-72(38-16-22-44-102)91(137)112-55-83(132)123-58-64-30-8-13-35-69(64)88(123)99(145)111-54-82(131)119-77(49-63-28-6-3-7-29-63)93(139)114-57-85(134)125-60-66-32-9-11-33-67(66)86(125)97(143)109-52-80(129)115-71(37-15-21-43-101)90(136)108-51-79(128)117-73(39-17-23-45-103)94(140)121-75(41-19-25-47-105)96(142)122-74(40-18-24-46-104)95(141)120-70(89(106)135)36-14-20-42-100/h2-7,26-29,64-77,86-88H,8-25,30-60,100-105H2,1H3,(H2,106,135)(H,107,126)(H,108,136)(H,109,143)(H,110,144)(H,111,145)(H,112,137)(H,113,138)(H,114,139)(H,115,129)(H,116,130)(H,117,128)(H,118,127)(H,119,131)(H,120,141)(H,121,140)(H,122,142)/t64?,65?,66?,67?,68?,69?,70-,71-,72-,73-,74-,75-,76-,77-,86-,87-,88-/m0/s1. The minimum Gasteiger partial charge on any atom is -0.368 e. The van der Waals surface area contributed by atoms with Crippen LogP contribution in [0.15, 0.2) is 60.7 Å². The van der Waals surface area contributed by atoms with Gasteiger partial charge in [0.1, 0.15) is 66.5 Å². The summed E-state index contributed by atoms with van der Waals surface area (Å²) in [6.07, 6.45) is 14.6. The van der Waals surface area contributed by atoms with E-state index in [-0.39, 0.29) is 139 Å². The van der Waals surface area contributed by atoms with Gasteiger partial charge in [0.05, 0.1) is 52.4 Å². The van der Waals surface area contributed by atoms with E-state index in [1.54, 1.807) is 60.7 Å². The van der Waals surface area contributed by atoms with Crippen molar-refractivity contribution in [2.45, 2.75) is 279 Å². The third-order valence-corrected chi connectivity index (χ3v) is 28.1. The number of carbonyl (C=O) groups is 20. The van der Waals surface area contributed by atoms with Crippen molar-refractivity contribution in [3.8, 4) is 0 Å². The minimum atomic E-state index is -1.33. The first-order chi connectivity index (χ1) is 69.8. The monoisotopic (exact) mass is 2030 g/mol. The lowest BCUT2D eigenvalue weighted by molar-refractivity contribution is -0.140. The first-order valence-corrected chi connectivity index (χ1v) is 51.8. The molecule has 0 bridgehead atoms. The van der Waals surface area contributed by atoms with Crippen LogP contribution in [0, 0.1) is 35.5 Å². The highest BCUT2D eigenvalue weighted by Crippen LogP contribution is 2.43. The quantitative estimate of drug-likeness (QED) is 0.0275. The van der Waals surface area contributed by atoms with Crippen LogP contribution < -0.4 is 125 Å². The van der Waals surface area contributed by atoms with Gasteiger partial charge in [0, 0.05) is 39.4 Å². The number of amides is 20. The Morgan fingerprint density at radius 3 is 0.793 bits per heavy atom. The second-order valence-corrected chi connectivity index (χ2v) is 38.8. The Kier molecular flexibility index (Phi) is 51.3. The first kappa shape index (κ1) is 118. The molecule has 3 heterocycles. The number of benzene rings is 2. The predicted molar refractivity (Wildman–Crippen MR) is 535 cm³/mol. The molecule has 46 heteroatoms. The summed E-state index contributed by atoms with van der Waals surface area (Å²) >= 11 is 0. The Morgan fingerprint density at radius 2 is 0.510 bits per heavy atom. The van der Waals surface area contributed by atoms with Crippen LogP contribution >= 0.6 is 0 Å². The highest BCUT2D eigenvalue weighted by Gasteiger charge is 2.52. The molecular weight excluding hydrogens is 1870 g/mol. The lowest BCUT2D eigenvalue weighted by atomic mass is 9.78. The van der Waals surface area contributed by atoms with E-state index in [0.29, 0.717) is 133 Å². The molecule has 6 fully saturated rings. The fraction of sp³-hybridized carbons (Fsp3) is 0.677. The fourth-order valence-electron chi connectivity index (χ4n) is 20.4. The van der Waals surface area contributed by atoms with Crippen molar-refractivity contribution >= 4 is 118 Å². The van der Waals surface area contributed by atoms with Crippen molar-refractivity contribution in [2.24, 2.45) is 75.6 Å². The van der Waals surface area contributed by atoms with Gasteiger partial charge >= 0.3 is 0 Å². The van der Waals surface area contributed by atoms with Crippen molar-refractivity contribution in [3.63, 3.8) is 0 Å². The Morgan fingerprint density at radius 1 is 0.276 bits per heavy atom. The molecule has 0 spiro atoms. The zero-order valence-electron chi connectivity index (χ0n) is 83.8. The van der Waals surface area contributed by atoms with E-state index in [4.69, 9.17) is 40.1 Å². The van der Waals surface area contributed by atoms with E-state index in [0.717, 1.165) is 44.9 Å². The van der Waals surface area contributed by atoms with E-state index in [9.17, 15) is 95.9 Å². The van der Waals surface area contributed by atoms with Crippen molar-refractivity contribution in [1.29, 1.82) is 0 Å². The van der Waals surface area contributed by atoms with Crippen LogP contribution in [0.5, 0.6) is 0 Å². The van der Waals surface area contributed by atoms with Crippen LogP contribution in [-0.2, 0) is 109 Å². The Hall–Kier alpha value is -12.4. The number of nitrogens with one attached hydrogen (secondary N) is 16. The van der Waals surface area contributed by atoms with Crippen molar-refractivity contribution < 1.29 is 95.9 Å². The average Bonchev–Trinajstić information content (AvgIpc) is 1.64. The summed E-state index contributed by atoms with van der Waals surface area (Å²) in [5.41, 5.74) is 41.7. The number of likely N-dealkylation sites (tertiary alicyclic amines) is 3. The van der Waals surface area contributed by atoms with E-state index in [1.807, 2.05) is 0 Å². The van der Waals surface area contributed by atoms with Gasteiger partial charge < -0.3 is 140 Å². The van der Waals surface area contributed by atoms with Crippen LogP contribution in [-0.4, -0.2) is 311 Å². The molecule has 145 heavy (non-hydrogen) atoms. The Bertz CT molecular complexity index is 4640. The van der Waals surface area contributed by atoms with E-state index < -0.39 is 230 Å². The fourth-order valence-corrected chi connectivity index (χ4v) is 20.4. The molecule has 46 nitrogen and oxygen atoms in total. The van der Waals surface area contributed by atoms with Gasteiger partial charge in [-0.25, -0.2) is 0 Å². The maximum Gasteiger partial charge on any atom is 0.243 e. The lowest BCUT2D eigenvalue weighted by Crippen LogP contribution is -2.58. The average molecular weight is 2030 g/mol. The molecule has 0 aromatic heterocycles. The van der Waals surface area contributed by atoms with E-state index >= 15 is 0 Å². The normalized spacial score (nSPS) is 20.3. The number of hydrogen-bond donors (Lipinski definition) is 23. The highest BCUT2D eigenvalue weighted by molar-refractivity contribution is 6.01. The van der Waals surface area contributed by atoms with Crippen LogP contribution in [0.2, 0.25) is 0 Å². The predicted octanol–water partition coefficient (Wildman–Crippen LogP) is -5.39. The number of rotatable bonds is 63. The SMILES string of the molecule is CC(=O)NCC(=O)N[C@@H](Cc1ccccc1)C(=O)NCC(=O)N1CC2CCCCC2[C@H]1C(=O)NCC(=O)N[C@@H](CCCCN)C(=O)NCC(=O)N1CC2CCCCC2[C@H]1C(=O)NCC(=O)N[C@@H](Cc1ccccc1)C(=O)NCC(=O)N1CC2CCCCC2[C@H]1C(=O)NCC(=O)N[C@@H](CCCCN)C(=O)NCC(=O)N[C@@H](CCCCN)C(=O)N[C@@H](CCCCN)C(=O)N[C@@H](CCCCN)C(=O)N[C@@H](CCCCN)C(N)=O. The molecule has 804 valence electrons. The molecule has 6 aliphatic rings. The molecule has 3 saturated carbocycles. The number of nitrogens with two attached hydrogens (primary N) is 7. The molecule has 3 aliphatic heterocycles. The third-order valence-electron chi connectivity index (χ3n) is 28.1. The Balaban J connectivity index is 0.841. The number of nitrogens with zero attached hydrogens (tertiary/aromatic N) is 3. The number of carbonyl (C=O) groups excluding carboxylic acids is 20. The molecule has 3 aliphatic carbocycles. The van der Waals surface area contributed by atoms with Gasteiger partial charge in [-0.3, -0.25) is 95.9 Å². The molecule has 2 aromatic carbocycles. The summed E-state index contributed by atoms with van der Waals surface area (Å²) < 4.78 is 0. The van der Waals surface area contributed by atoms with E-state index in [1.165, 1.54) is 21.6 Å². The Labute approximate surface area is 847 Å². The maximum absolute atomic E-state index is 14.6. The number of unbranched alkanes of at least 4 members (excludes halogenated alkanes) is 6. The van der Waals surface area contributed by atoms with Crippen LogP contribution in [0.3, 0.4) is 0 Å². The molecular formula is C99H158N26O20. The smallest absolute Gasteiger partial charge is 0.243 e. The van der Waals surface area contributed by atoms with Crippen LogP contribution in [0.25, 0.3) is 0 Å². The van der Waals surface area contributed by atoms with Gasteiger partial charge in [0.25, 0.3) is 0 Å². The number of primary amides is 1. The first-order valence-electron chi connectivity index (χ1n) is 51.8. The maximum atomic E-state index is 14.6. The molecule has 6 unspecified atom stereocenters. The highest BCUT2D eigenvalue weighted by atomic mass is 16.2. The molecule has 2 aromatic rings. The summed E-state index contributed by atoms with van der Waals surface area (Å²) in [4.78, 5) is 282. The van der Waals surface area contributed by atoms with Gasteiger partial charge in [-0.15, -0.1) is 0 Å². The van der Waals surface area contributed by atoms with Crippen LogP contribution in [0.1, 0.15) is 211 Å². The second-order valence-electron chi connectivity index (χ2n) is 38.8. The number of fused-ring (bicyclic) bond motifs is 3. The van der Waals surface area contributed by atoms with Gasteiger partial charge in [0.15, 0.2) is 0 Å². The zero-order chi connectivity index (χ0) is 105. The van der Waals surface area contributed by atoms with Gasteiger partial charge in [-0.2, -0.15) is 0 Å². The van der Waals surface area contributed by atoms with Crippen LogP contribution in [0.4, 0.5) is 0 Å². The number of hydrogen-bond acceptors (Lipinski definition) is 26. The van der Waals surface area contributed by atoms with Crippen molar-refractivity contribution in [2.75, 3.05) is 111 Å².